The average Bonchev–Trinajstić information content (AvgIpc) is 2.80. The summed E-state index contributed by atoms with van der Waals surface area (Å²) < 4.78 is 5.53. The minimum atomic E-state index is -0.952. The number of esters is 1. The Morgan fingerprint density at radius 1 is 0.968 bits per heavy atom. The molecule has 5 heteroatoms. The molecule has 5 nitrogen and oxygen atoms in total. The number of nitrogens with zero attached hydrogens (tertiary/aromatic N) is 2. The molecule has 31 heavy (non-hydrogen) atoms. The third-order valence-electron chi connectivity index (χ3n) is 6.05. The number of amides is 1. The first-order valence-electron chi connectivity index (χ1n) is 11.4. The number of hydrogen-bond donors (Lipinski definition) is 0. The first kappa shape index (κ1) is 23.0. The monoisotopic (exact) mass is 422 g/mol. The van der Waals surface area contributed by atoms with E-state index >= 15 is 0 Å². The molecule has 0 radical (unpaired) electrons. The third kappa shape index (κ3) is 5.53. The molecule has 1 aliphatic heterocycles. The first-order valence-corrected chi connectivity index (χ1v) is 11.4. The number of para-hydroxylation sites is 1. The van der Waals surface area contributed by atoms with Gasteiger partial charge in [-0.2, -0.15) is 0 Å². The summed E-state index contributed by atoms with van der Waals surface area (Å²) in [5, 5.41) is 0. The number of carbonyl (C=O) groups excluding carboxylic acids is 2. The zero-order valence-corrected chi connectivity index (χ0v) is 18.8. The molecule has 0 saturated carbocycles. The molecule has 0 unspecified atom stereocenters. The smallest absolute Gasteiger partial charge is 0.332 e. The molecule has 1 saturated heterocycles. The summed E-state index contributed by atoms with van der Waals surface area (Å²) in [5.74, 6) is -0.300. The van der Waals surface area contributed by atoms with Crippen molar-refractivity contribution in [3.63, 3.8) is 0 Å². The lowest BCUT2D eigenvalue weighted by Crippen LogP contribution is -2.63. The number of anilines is 1. The molecule has 1 amide bonds. The van der Waals surface area contributed by atoms with Crippen LogP contribution in [0.3, 0.4) is 0 Å². The minimum Gasteiger partial charge on any atom is -0.464 e. The summed E-state index contributed by atoms with van der Waals surface area (Å²) in [6.45, 7) is 6.58. The Bertz CT molecular complexity index is 830. The summed E-state index contributed by atoms with van der Waals surface area (Å²) in [5.41, 5.74) is 1.13. The average molecular weight is 423 g/mol. The molecular formula is C26H34N2O3. The van der Waals surface area contributed by atoms with Crippen LogP contribution in [0.25, 0.3) is 0 Å². The molecule has 0 aromatic heterocycles. The van der Waals surface area contributed by atoms with Gasteiger partial charge in [-0.3, -0.25) is 9.69 Å². The van der Waals surface area contributed by atoms with Crippen LogP contribution in [0.15, 0.2) is 60.7 Å². The van der Waals surface area contributed by atoms with Crippen molar-refractivity contribution in [3.8, 4) is 0 Å². The maximum absolute atomic E-state index is 13.3. The largest absolute Gasteiger partial charge is 0.464 e. The highest BCUT2D eigenvalue weighted by atomic mass is 16.5. The molecule has 0 aliphatic carbocycles. The lowest BCUT2D eigenvalue weighted by Gasteiger charge is -2.46. The molecule has 1 aliphatic rings. The van der Waals surface area contributed by atoms with Gasteiger partial charge in [0.25, 0.3) is 0 Å². The molecule has 1 heterocycles. The Morgan fingerprint density at radius 3 is 2.16 bits per heavy atom. The van der Waals surface area contributed by atoms with Crippen LogP contribution in [0.1, 0.15) is 45.1 Å². The van der Waals surface area contributed by atoms with Crippen molar-refractivity contribution >= 4 is 17.6 Å². The molecule has 166 valence electrons. The first-order chi connectivity index (χ1) is 15.1. The fourth-order valence-electron chi connectivity index (χ4n) is 4.40. The van der Waals surface area contributed by atoms with Gasteiger partial charge in [0.2, 0.25) is 5.91 Å². The van der Waals surface area contributed by atoms with Crippen LogP contribution in [-0.2, 0) is 20.7 Å². The van der Waals surface area contributed by atoms with E-state index in [1.54, 1.807) is 4.90 Å². The van der Waals surface area contributed by atoms with Crippen molar-refractivity contribution in [2.75, 3.05) is 31.1 Å². The van der Waals surface area contributed by atoms with E-state index in [1.807, 2.05) is 50.2 Å². The van der Waals surface area contributed by atoms with Crippen LogP contribution in [0.4, 0.5) is 5.69 Å². The van der Waals surface area contributed by atoms with Crippen LogP contribution in [0, 0.1) is 0 Å². The molecule has 3 rings (SSSR count). The van der Waals surface area contributed by atoms with Crippen molar-refractivity contribution in [2.45, 2.75) is 51.5 Å². The zero-order valence-electron chi connectivity index (χ0n) is 18.8. The van der Waals surface area contributed by atoms with Gasteiger partial charge in [0.05, 0.1) is 6.61 Å². The van der Waals surface area contributed by atoms with Gasteiger partial charge in [0, 0.05) is 31.7 Å². The normalized spacial score (nSPS) is 15.9. The Morgan fingerprint density at radius 2 is 1.58 bits per heavy atom. The number of carbonyl (C=O) groups is 2. The number of ether oxygens (including phenoxy) is 1. The summed E-state index contributed by atoms with van der Waals surface area (Å²) >= 11 is 0. The van der Waals surface area contributed by atoms with Gasteiger partial charge in [0.1, 0.15) is 5.54 Å². The van der Waals surface area contributed by atoms with E-state index in [0.717, 1.165) is 38.2 Å². The van der Waals surface area contributed by atoms with Crippen LogP contribution in [0.2, 0.25) is 0 Å². The van der Waals surface area contributed by atoms with E-state index < -0.39 is 5.54 Å². The lowest BCUT2D eigenvalue weighted by molar-refractivity contribution is -0.153. The van der Waals surface area contributed by atoms with E-state index in [4.69, 9.17) is 4.74 Å². The molecular weight excluding hydrogens is 388 g/mol. The molecule has 2 aromatic rings. The summed E-state index contributed by atoms with van der Waals surface area (Å²) in [7, 11) is 0. The Labute approximate surface area is 186 Å². The predicted octanol–water partition coefficient (Wildman–Crippen LogP) is 4.46. The molecule has 0 spiro atoms. The van der Waals surface area contributed by atoms with Crippen LogP contribution < -0.4 is 4.90 Å². The van der Waals surface area contributed by atoms with Crippen molar-refractivity contribution in [1.82, 2.24) is 4.90 Å². The maximum atomic E-state index is 13.3. The molecule has 1 fully saturated rings. The highest BCUT2D eigenvalue weighted by Crippen LogP contribution is 2.35. The highest BCUT2D eigenvalue weighted by molar-refractivity contribution is 6.02. The Kier molecular flexibility index (Phi) is 8.24. The standard InChI is InChI=1S/C26H34N2O3/c1-3-11-24(29)28(23-14-9-6-10-15-23)26(25(30)31-4-2)17-20-27(21-18-26)19-16-22-12-7-5-8-13-22/h5-10,12-15H,3-4,11,16-21H2,1-2H3. The second-order valence-electron chi connectivity index (χ2n) is 8.14. The summed E-state index contributed by atoms with van der Waals surface area (Å²) in [6, 6.07) is 20.0. The van der Waals surface area contributed by atoms with Crippen LogP contribution in [0.5, 0.6) is 0 Å². The fraction of sp³-hybridized carbons (Fsp3) is 0.462. The van der Waals surface area contributed by atoms with Crippen molar-refractivity contribution in [1.29, 1.82) is 0 Å². The second-order valence-corrected chi connectivity index (χ2v) is 8.14. The van der Waals surface area contributed by atoms with E-state index in [9.17, 15) is 9.59 Å². The van der Waals surface area contributed by atoms with Crippen LogP contribution >= 0.6 is 0 Å². The van der Waals surface area contributed by atoms with Gasteiger partial charge in [-0.05, 0) is 50.3 Å². The quantitative estimate of drug-likeness (QED) is 0.560. The van der Waals surface area contributed by atoms with E-state index in [-0.39, 0.29) is 11.9 Å². The number of benzene rings is 2. The van der Waals surface area contributed by atoms with Crippen molar-refractivity contribution in [2.24, 2.45) is 0 Å². The number of piperidine rings is 1. The van der Waals surface area contributed by atoms with Crippen LogP contribution in [-0.4, -0.2) is 48.6 Å². The number of likely N-dealkylation sites (tertiary alicyclic amines) is 1. The summed E-state index contributed by atoms with van der Waals surface area (Å²) in [4.78, 5) is 30.7. The number of hydrogen-bond acceptors (Lipinski definition) is 4. The molecule has 0 atom stereocenters. The SMILES string of the molecule is CCCC(=O)N(c1ccccc1)C1(C(=O)OCC)CCN(CCc2ccccc2)CC1. The molecule has 0 bridgehead atoms. The van der Waals surface area contributed by atoms with E-state index in [0.29, 0.717) is 25.9 Å². The van der Waals surface area contributed by atoms with E-state index in [1.165, 1.54) is 5.56 Å². The lowest BCUT2D eigenvalue weighted by atomic mass is 9.84. The predicted molar refractivity (Wildman–Crippen MR) is 124 cm³/mol. The minimum absolute atomic E-state index is 0.0144. The highest BCUT2D eigenvalue weighted by Gasteiger charge is 2.50. The van der Waals surface area contributed by atoms with Gasteiger partial charge in [0.15, 0.2) is 0 Å². The Balaban J connectivity index is 1.82. The maximum Gasteiger partial charge on any atom is 0.332 e. The van der Waals surface area contributed by atoms with Gasteiger partial charge in [-0.25, -0.2) is 4.79 Å². The van der Waals surface area contributed by atoms with E-state index in [2.05, 4.69) is 29.2 Å². The topological polar surface area (TPSA) is 49.9 Å². The van der Waals surface area contributed by atoms with Gasteiger partial charge in [-0.1, -0.05) is 55.5 Å². The Hall–Kier alpha value is -2.66. The fourth-order valence-corrected chi connectivity index (χ4v) is 4.40. The van der Waals surface area contributed by atoms with Gasteiger partial charge in [-0.15, -0.1) is 0 Å². The second kappa shape index (κ2) is 11.1. The summed E-state index contributed by atoms with van der Waals surface area (Å²) in [6.07, 6.45) is 3.28. The van der Waals surface area contributed by atoms with Gasteiger partial charge < -0.3 is 9.64 Å². The van der Waals surface area contributed by atoms with Crippen molar-refractivity contribution < 1.29 is 14.3 Å². The molecule has 2 aromatic carbocycles. The molecule has 0 N–H and O–H groups in total. The number of rotatable bonds is 9. The zero-order chi connectivity index (χ0) is 22.1. The third-order valence-corrected chi connectivity index (χ3v) is 6.05. The van der Waals surface area contributed by atoms with Gasteiger partial charge >= 0.3 is 5.97 Å². The van der Waals surface area contributed by atoms with Crippen molar-refractivity contribution in [3.05, 3.63) is 66.2 Å².